The van der Waals surface area contributed by atoms with E-state index in [4.69, 9.17) is 16.3 Å². The summed E-state index contributed by atoms with van der Waals surface area (Å²) in [6, 6.07) is 0. The molecule has 3 heteroatoms. The third-order valence-corrected chi connectivity index (χ3v) is 1.41. The van der Waals surface area contributed by atoms with Crippen LogP contribution in [0.5, 0.6) is 0 Å². The van der Waals surface area contributed by atoms with Crippen LogP contribution in [0.3, 0.4) is 0 Å². The van der Waals surface area contributed by atoms with Crippen LogP contribution in [0.25, 0.3) is 0 Å². The summed E-state index contributed by atoms with van der Waals surface area (Å²) in [5.41, 5.74) is -0.433. The monoisotopic (exact) mass is 164 g/mol. The molecule has 0 rings (SSSR count). The van der Waals surface area contributed by atoms with Gasteiger partial charge in [-0.2, -0.15) is 0 Å². The van der Waals surface area contributed by atoms with E-state index < -0.39 is 5.56 Å². The van der Waals surface area contributed by atoms with Crippen molar-refractivity contribution in [2.45, 2.75) is 32.3 Å². The average molecular weight is 165 g/mol. The highest BCUT2D eigenvalue weighted by molar-refractivity contribution is 6.20. The topological polar surface area (TPSA) is 26.3 Å². The SMILES string of the molecule is CCOC(Cl)CC(=O)CC. The molecule has 0 aliphatic heterocycles. The van der Waals surface area contributed by atoms with E-state index in [0.717, 1.165) is 0 Å². The molecule has 0 amide bonds. The quantitative estimate of drug-likeness (QED) is 0.581. The van der Waals surface area contributed by atoms with Gasteiger partial charge in [-0.1, -0.05) is 18.5 Å². The maximum absolute atomic E-state index is 10.7. The zero-order valence-electron chi connectivity index (χ0n) is 6.39. The molecule has 0 heterocycles. The van der Waals surface area contributed by atoms with Crippen LogP contribution in [0.4, 0.5) is 0 Å². The Bertz CT molecular complexity index is 104. The van der Waals surface area contributed by atoms with Crippen molar-refractivity contribution in [2.75, 3.05) is 6.61 Å². The minimum atomic E-state index is -0.433. The summed E-state index contributed by atoms with van der Waals surface area (Å²) in [5, 5.41) is 0. The lowest BCUT2D eigenvalue weighted by atomic mass is 10.2. The van der Waals surface area contributed by atoms with Crippen molar-refractivity contribution in [3.63, 3.8) is 0 Å². The van der Waals surface area contributed by atoms with Crippen LogP contribution in [0.15, 0.2) is 0 Å². The Hall–Kier alpha value is -0.0800. The van der Waals surface area contributed by atoms with E-state index in [2.05, 4.69) is 0 Å². The molecule has 0 saturated heterocycles. The van der Waals surface area contributed by atoms with Gasteiger partial charge in [0.15, 0.2) is 0 Å². The zero-order chi connectivity index (χ0) is 7.98. The normalized spacial score (nSPS) is 13.1. The smallest absolute Gasteiger partial charge is 0.138 e. The maximum Gasteiger partial charge on any atom is 0.138 e. The standard InChI is InChI=1S/C7H13ClO2/c1-3-6(9)5-7(8)10-4-2/h7H,3-5H2,1-2H3. The highest BCUT2D eigenvalue weighted by Crippen LogP contribution is 2.05. The fourth-order valence-corrected chi connectivity index (χ4v) is 0.861. The summed E-state index contributed by atoms with van der Waals surface area (Å²) in [4.78, 5) is 10.7. The Kier molecular flexibility index (Phi) is 5.64. The Labute approximate surface area is 66.5 Å². The first-order valence-electron chi connectivity index (χ1n) is 3.48. The molecule has 0 bridgehead atoms. The Morgan fingerprint density at radius 1 is 1.60 bits per heavy atom. The van der Waals surface area contributed by atoms with Gasteiger partial charge in [-0.25, -0.2) is 0 Å². The van der Waals surface area contributed by atoms with Gasteiger partial charge in [0, 0.05) is 19.4 Å². The highest BCUT2D eigenvalue weighted by Gasteiger charge is 2.07. The van der Waals surface area contributed by atoms with Crippen molar-refractivity contribution in [3.05, 3.63) is 0 Å². The first kappa shape index (κ1) is 9.92. The van der Waals surface area contributed by atoms with Gasteiger partial charge in [0.1, 0.15) is 11.3 Å². The number of carbonyl (C=O) groups excluding carboxylic acids is 1. The van der Waals surface area contributed by atoms with Crippen LogP contribution in [0, 0.1) is 0 Å². The van der Waals surface area contributed by atoms with Crippen molar-refractivity contribution in [2.24, 2.45) is 0 Å². The van der Waals surface area contributed by atoms with Crippen molar-refractivity contribution in [1.82, 2.24) is 0 Å². The number of carbonyl (C=O) groups is 1. The average Bonchev–Trinajstić information content (AvgIpc) is 1.88. The van der Waals surface area contributed by atoms with Crippen LogP contribution in [0.1, 0.15) is 26.7 Å². The molecule has 0 aliphatic carbocycles. The lowest BCUT2D eigenvalue weighted by Crippen LogP contribution is -2.10. The number of halogens is 1. The second kappa shape index (κ2) is 5.69. The summed E-state index contributed by atoms with van der Waals surface area (Å²) < 4.78 is 4.96. The molecule has 10 heavy (non-hydrogen) atoms. The van der Waals surface area contributed by atoms with E-state index in [0.29, 0.717) is 19.4 Å². The van der Waals surface area contributed by atoms with E-state index in [-0.39, 0.29) is 5.78 Å². The number of hydrogen-bond acceptors (Lipinski definition) is 2. The summed E-state index contributed by atoms with van der Waals surface area (Å²) in [6.45, 7) is 4.23. The van der Waals surface area contributed by atoms with Gasteiger partial charge in [-0.05, 0) is 6.92 Å². The number of ketones is 1. The fraction of sp³-hybridized carbons (Fsp3) is 0.857. The fourth-order valence-electron chi connectivity index (χ4n) is 0.563. The molecule has 2 nitrogen and oxygen atoms in total. The number of Topliss-reactive ketones (excluding diaryl/α,β-unsaturated/α-hetero) is 1. The third kappa shape index (κ3) is 4.77. The van der Waals surface area contributed by atoms with Crippen molar-refractivity contribution < 1.29 is 9.53 Å². The number of rotatable bonds is 5. The molecule has 0 fully saturated rings. The van der Waals surface area contributed by atoms with E-state index >= 15 is 0 Å². The summed E-state index contributed by atoms with van der Waals surface area (Å²) in [6.07, 6.45) is 0.863. The minimum Gasteiger partial charge on any atom is -0.362 e. The van der Waals surface area contributed by atoms with E-state index in [1.807, 2.05) is 13.8 Å². The van der Waals surface area contributed by atoms with E-state index in [9.17, 15) is 4.79 Å². The van der Waals surface area contributed by atoms with Gasteiger partial charge in [0.05, 0.1) is 0 Å². The first-order chi connectivity index (χ1) is 4.70. The first-order valence-corrected chi connectivity index (χ1v) is 3.91. The van der Waals surface area contributed by atoms with Crippen LogP contribution >= 0.6 is 11.6 Å². The van der Waals surface area contributed by atoms with Gasteiger partial charge in [0.25, 0.3) is 0 Å². The maximum atomic E-state index is 10.7. The molecular weight excluding hydrogens is 152 g/mol. The van der Waals surface area contributed by atoms with Gasteiger partial charge < -0.3 is 4.74 Å². The van der Waals surface area contributed by atoms with Crippen molar-refractivity contribution in [1.29, 1.82) is 0 Å². The molecule has 0 aromatic carbocycles. The molecule has 0 aromatic heterocycles. The van der Waals surface area contributed by atoms with E-state index in [1.54, 1.807) is 0 Å². The third-order valence-electron chi connectivity index (χ3n) is 1.13. The molecule has 0 aliphatic rings. The second-order valence-corrected chi connectivity index (χ2v) is 2.45. The minimum absolute atomic E-state index is 0.147. The molecule has 0 radical (unpaired) electrons. The zero-order valence-corrected chi connectivity index (χ0v) is 7.15. The van der Waals surface area contributed by atoms with Gasteiger partial charge >= 0.3 is 0 Å². The molecular formula is C7H13ClO2. The van der Waals surface area contributed by atoms with E-state index in [1.165, 1.54) is 0 Å². The Morgan fingerprint density at radius 2 is 2.20 bits per heavy atom. The molecule has 0 saturated carbocycles. The van der Waals surface area contributed by atoms with Crippen LogP contribution in [0.2, 0.25) is 0 Å². The van der Waals surface area contributed by atoms with Crippen LogP contribution < -0.4 is 0 Å². The highest BCUT2D eigenvalue weighted by atomic mass is 35.5. The second-order valence-electron chi connectivity index (χ2n) is 1.96. The predicted octanol–water partition coefficient (Wildman–Crippen LogP) is 1.96. The van der Waals surface area contributed by atoms with Crippen LogP contribution in [-0.4, -0.2) is 18.0 Å². The molecule has 0 N–H and O–H groups in total. The molecule has 1 atom stereocenters. The Morgan fingerprint density at radius 3 is 2.60 bits per heavy atom. The summed E-state index contributed by atoms with van der Waals surface area (Å²) in [7, 11) is 0. The van der Waals surface area contributed by atoms with Gasteiger partial charge in [-0.3, -0.25) is 4.79 Å². The lowest BCUT2D eigenvalue weighted by Gasteiger charge is -2.06. The molecule has 1 unspecified atom stereocenters. The lowest BCUT2D eigenvalue weighted by molar-refractivity contribution is -0.120. The Balaban J connectivity index is 3.37. The summed E-state index contributed by atoms with van der Waals surface area (Å²) >= 11 is 5.61. The number of hydrogen-bond donors (Lipinski definition) is 0. The van der Waals surface area contributed by atoms with Gasteiger partial charge in [-0.15, -0.1) is 0 Å². The molecule has 60 valence electrons. The predicted molar refractivity (Wildman–Crippen MR) is 41.2 cm³/mol. The van der Waals surface area contributed by atoms with Crippen LogP contribution in [-0.2, 0) is 9.53 Å². The molecule has 0 spiro atoms. The number of alkyl halides is 1. The molecule has 0 aromatic rings. The number of ether oxygens (including phenoxy) is 1. The van der Waals surface area contributed by atoms with Crippen molar-refractivity contribution >= 4 is 17.4 Å². The largest absolute Gasteiger partial charge is 0.362 e. The van der Waals surface area contributed by atoms with Crippen molar-refractivity contribution in [3.8, 4) is 0 Å². The van der Waals surface area contributed by atoms with Gasteiger partial charge in [0.2, 0.25) is 0 Å². The summed E-state index contributed by atoms with van der Waals surface area (Å²) in [5.74, 6) is 0.147.